The first-order valence-corrected chi connectivity index (χ1v) is 8.84. The first-order valence-electron chi connectivity index (χ1n) is 6.56. The molecule has 0 amide bonds. The number of halogens is 1. The van der Waals surface area contributed by atoms with Gasteiger partial charge in [0.1, 0.15) is 0 Å². The lowest BCUT2D eigenvalue weighted by atomic mass is 10.2. The quantitative estimate of drug-likeness (QED) is 0.860. The van der Waals surface area contributed by atoms with Crippen LogP contribution in [0.1, 0.15) is 6.92 Å². The van der Waals surface area contributed by atoms with E-state index in [9.17, 15) is 8.42 Å². The van der Waals surface area contributed by atoms with Crippen LogP contribution >= 0.6 is 15.9 Å². The predicted octanol–water partition coefficient (Wildman–Crippen LogP) is 1.45. The fourth-order valence-electron chi connectivity index (χ4n) is 2.10. The predicted molar refractivity (Wildman–Crippen MR) is 81.2 cm³/mol. The molecular formula is C13H19BrN2O3S. The summed E-state index contributed by atoms with van der Waals surface area (Å²) in [4.78, 5) is 2.51. The zero-order valence-corrected chi connectivity index (χ0v) is 13.8. The molecule has 1 aromatic rings. The van der Waals surface area contributed by atoms with Crippen molar-refractivity contribution in [3.63, 3.8) is 0 Å². The Bertz CT molecular complexity index is 544. The Labute approximate surface area is 128 Å². The minimum Gasteiger partial charge on any atom is -0.379 e. The van der Waals surface area contributed by atoms with E-state index in [2.05, 4.69) is 25.6 Å². The fraction of sp³-hybridized carbons (Fsp3) is 0.538. The van der Waals surface area contributed by atoms with Crippen LogP contribution in [-0.4, -0.2) is 52.2 Å². The van der Waals surface area contributed by atoms with Crippen molar-refractivity contribution in [3.8, 4) is 0 Å². The number of rotatable bonds is 5. The van der Waals surface area contributed by atoms with E-state index in [4.69, 9.17) is 4.74 Å². The van der Waals surface area contributed by atoms with Gasteiger partial charge in [-0.25, -0.2) is 13.1 Å². The molecule has 1 aromatic carbocycles. The van der Waals surface area contributed by atoms with Gasteiger partial charge in [0.05, 0.1) is 18.1 Å². The van der Waals surface area contributed by atoms with Crippen molar-refractivity contribution in [1.29, 1.82) is 0 Å². The summed E-state index contributed by atoms with van der Waals surface area (Å²) in [6, 6.07) is 6.86. The summed E-state index contributed by atoms with van der Waals surface area (Å²) in [5.74, 6) is 0. The highest BCUT2D eigenvalue weighted by Crippen LogP contribution is 2.16. The van der Waals surface area contributed by atoms with Gasteiger partial charge in [-0.2, -0.15) is 0 Å². The van der Waals surface area contributed by atoms with Crippen LogP contribution in [0.3, 0.4) is 0 Å². The van der Waals surface area contributed by atoms with Crippen LogP contribution in [0.25, 0.3) is 0 Å². The molecule has 1 fully saturated rings. The summed E-state index contributed by atoms with van der Waals surface area (Å²) in [6.07, 6.45) is 0. The highest BCUT2D eigenvalue weighted by molar-refractivity contribution is 9.10. The number of nitrogens with zero attached hydrogens (tertiary/aromatic N) is 1. The third-order valence-electron chi connectivity index (χ3n) is 3.34. The van der Waals surface area contributed by atoms with Crippen molar-refractivity contribution in [2.24, 2.45) is 0 Å². The fourth-order valence-corrected chi connectivity index (χ4v) is 3.81. The van der Waals surface area contributed by atoms with Crippen molar-refractivity contribution < 1.29 is 13.2 Å². The van der Waals surface area contributed by atoms with E-state index in [-0.39, 0.29) is 10.9 Å². The molecule has 1 atom stereocenters. The van der Waals surface area contributed by atoms with Gasteiger partial charge in [-0.05, 0) is 25.1 Å². The first kappa shape index (κ1) is 15.9. The van der Waals surface area contributed by atoms with Crippen LogP contribution < -0.4 is 4.72 Å². The maximum absolute atomic E-state index is 12.2. The van der Waals surface area contributed by atoms with E-state index >= 15 is 0 Å². The van der Waals surface area contributed by atoms with Crippen LogP contribution in [0, 0.1) is 0 Å². The number of benzene rings is 1. The van der Waals surface area contributed by atoms with Gasteiger partial charge in [-0.15, -0.1) is 0 Å². The topological polar surface area (TPSA) is 58.6 Å². The molecule has 7 heteroatoms. The van der Waals surface area contributed by atoms with Gasteiger partial charge in [-0.1, -0.05) is 22.0 Å². The molecule has 0 spiro atoms. The number of ether oxygens (including phenoxy) is 1. The molecule has 1 saturated heterocycles. The van der Waals surface area contributed by atoms with Gasteiger partial charge in [0.2, 0.25) is 10.0 Å². The number of morpholine rings is 1. The Morgan fingerprint density at radius 2 is 2.10 bits per heavy atom. The molecule has 5 nitrogen and oxygen atoms in total. The SMILES string of the molecule is CC(CNS(=O)(=O)c1cccc(Br)c1)N1CCOCC1. The molecule has 0 aliphatic carbocycles. The summed E-state index contributed by atoms with van der Waals surface area (Å²) in [5, 5.41) is 0. The second-order valence-corrected chi connectivity index (χ2v) is 7.49. The van der Waals surface area contributed by atoms with Gasteiger partial charge >= 0.3 is 0 Å². The number of hydrogen-bond acceptors (Lipinski definition) is 4. The van der Waals surface area contributed by atoms with Gasteiger partial charge in [0, 0.05) is 30.1 Å². The maximum Gasteiger partial charge on any atom is 0.240 e. The average molecular weight is 363 g/mol. The third kappa shape index (κ3) is 4.26. The number of sulfonamides is 1. The molecule has 1 heterocycles. The smallest absolute Gasteiger partial charge is 0.240 e. The van der Waals surface area contributed by atoms with Crippen LogP contribution in [0.2, 0.25) is 0 Å². The van der Waals surface area contributed by atoms with E-state index in [0.29, 0.717) is 19.8 Å². The monoisotopic (exact) mass is 362 g/mol. The van der Waals surface area contributed by atoms with Crippen molar-refractivity contribution in [1.82, 2.24) is 9.62 Å². The van der Waals surface area contributed by atoms with E-state index in [1.807, 2.05) is 6.92 Å². The van der Waals surface area contributed by atoms with Gasteiger partial charge < -0.3 is 4.74 Å². The maximum atomic E-state index is 12.2. The van der Waals surface area contributed by atoms with Crippen LogP contribution in [0.15, 0.2) is 33.6 Å². The highest BCUT2D eigenvalue weighted by Gasteiger charge is 2.20. The second kappa shape index (κ2) is 7.00. The molecule has 0 bridgehead atoms. The Morgan fingerprint density at radius 1 is 1.40 bits per heavy atom. The number of nitrogens with one attached hydrogen (secondary N) is 1. The zero-order valence-electron chi connectivity index (χ0n) is 11.4. The summed E-state index contributed by atoms with van der Waals surface area (Å²) in [5.41, 5.74) is 0. The highest BCUT2D eigenvalue weighted by atomic mass is 79.9. The Kier molecular flexibility index (Phi) is 5.57. The van der Waals surface area contributed by atoms with Crippen LogP contribution in [0.5, 0.6) is 0 Å². The molecule has 1 unspecified atom stereocenters. The minimum atomic E-state index is -3.45. The van der Waals surface area contributed by atoms with E-state index in [1.165, 1.54) is 0 Å². The third-order valence-corrected chi connectivity index (χ3v) is 5.26. The average Bonchev–Trinajstić information content (AvgIpc) is 2.46. The van der Waals surface area contributed by atoms with E-state index in [1.54, 1.807) is 24.3 Å². The molecule has 112 valence electrons. The lowest BCUT2D eigenvalue weighted by Gasteiger charge is -2.32. The zero-order chi connectivity index (χ0) is 14.6. The van der Waals surface area contributed by atoms with Crippen LogP contribution in [-0.2, 0) is 14.8 Å². The van der Waals surface area contributed by atoms with Crippen molar-refractivity contribution in [2.45, 2.75) is 17.9 Å². The van der Waals surface area contributed by atoms with Gasteiger partial charge in [0.25, 0.3) is 0 Å². The summed E-state index contributed by atoms with van der Waals surface area (Å²) < 4.78 is 33.1. The lowest BCUT2D eigenvalue weighted by molar-refractivity contribution is 0.0213. The first-order chi connectivity index (χ1) is 9.49. The molecule has 20 heavy (non-hydrogen) atoms. The normalized spacial score (nSPS) is 18.9. The standard InChI is InChI=1S/C13H19BrN2O3S/c1-11(16-5-7-19-8-6-16)10-15-20(17,18)13-4-2-3-12(14)9-13/h2-4,9,11,15H,5-8,10H2,1H3. The second-order valence-electron chi connectivity index (χ2n) is 4.81. The molecule has 1 aliphatic heterocycles. The van der Waals surface area contributed by atoms with Crippen molar-refractivity contribution >= 4 is 26.0 Å². The lowest BCUT2D eigenvalue weighted by Crippen LogP contribution is -2.47. The van der Waals surface area contributed by atoms with Crippen molar-refractivity contribution in [2.75, 3.05) is 32.8 Å². The Hall–Kier alpha value is -0.470. The summed E-state index contributed by atoms with van der Waals surface area (Å²) >= 11 is 3.28. The largest absolute Gasteiger partial charge is 0.379 e. The Balaban J connectivity index is 1.95. The molecule has 0 saturated carbocycles. The van der Waals surface area contributed by atoms with Crippen LogP contribution in [0.4, 0.5) is 0 Å². The molecule has 0 aromatic heterocycles. The van der Waals surface area contributed by atoms with Crippen molar-refractivity contribution in [3.05, 3.63) is 28.7 Å². The van der Waals surface area contributed by atoms with Gasteiger partial charge in [-0.3, -0.25) is 4.90 Å². The van der Waals surface area contributed by atoms with E-state index < -0.39 is 10.0 Å². The van der Waals surface area contributed by atoms with Gasteiger partial charge in [0.15, 0.2) is 0 Å². The minimum absolute atomic E-state index is 0.154. The Morgan fingerprint density at radius 3 is 2.75 bits per heavy atom. The molecular weight excluding hydrogens is 344 g/mol. The summed E-state index contributed by atoms with van der Waals surface area (Å²) in [7, 11) is -3.45. The van der Waals surface area contributed by atoms with E-state index in [0.717, 1.165) is 17.6 Å². The number of hydrogen-bond donors (Lipinski definition) is 1. The summed E-state index contributed by atoms with van der Waals surface area (Å²) in [6.45, 7) is 5.54. The molecule has 2 rings (SSSR count). The molecule has 1 N–H and O–H groups in total. The molecule has 1 aliphatic rings. The molecule has 0 radical (unpaired) electrons.